The summed E-state index contributed by atoms with van der Waals surface area (Å²) in [6.45, 7) is 5.15. The summed E-state index contributed by atoms with van der Waals surface area (Å²) in [5.41, 5.74) is 3.07. The third kappa shape index (κ3) is 5.50. The molecule has 0 spiro atoms. The van der Waals surface area contributed by atoms with Gasteiger partial charge in [0.05, 0.1) is 0 Å². The molecular formula is C25H28FIN4O2. The second-order valence-electron chi connectivity index (χ2n) is 8.48. The molecule has 33 heavy (non-hydrogen) atoms. The Bertz CT molecular complexity index is 1030. The van der Waals surface area contributed by atoms with E-state index in [-0.39, 0.29) is 11.7 Å². The second-order valence-corrected chi connectivity index (χ2v) is 13.9. The van der Waals surface area contributed by atoms with E-state index in [0.29, 0.717) is 10.5 Å². The van der Waals surface area contributed by atoms with Crippen LogP contribution in [0.4, 0.5) is 4.39 Å². The van der Waals surface area contributed by atoms with Gasteiger partial charge in [0, 0.05) is 0 Å². The number of carbonyl (C=O) groups is 1. The number of rotatable bonds is 6. The van der Waals surface area contributed by atoms with Crippen molar-refractivity contribution in [1.82, 2.24) is 14.8 Å². The number of carbonyl (C=O) groups excluding carboxylic acids is 1. The van der Waals surface area contributed by atoms with E-state index in [2.05, 4.69) is 16.0 Å². The molecule has 1 aromatic heterocycles. The normalized spacial score (nSPS) is 20.8. The maximum atomic E-state index is 13.4. The molecule has 3 aliphatic rings. The molecule has 8 heteroatoms. The molecule has 0 saturated carbocycles. The summed E-state index contributed by atoms with van der Waals surface area (Å²) < 4.78 is 21.5. The molecule has 174 valence electrons. The Hall–Kier alpha value is -2.17. The van der Waals surface area contributed by atoms with Crippen molar-refractivity contribution in [1.29, 1.82) is 0 Å². The molecule has 2 saturated heterocycles. The molecule has 0 aliphatic carbocycles. The topological polar surface area (TPSA) is 58.0 Å². The summed E-state index contributed by atoms with van der Waals surface area (Å²) >= 11 is -1.80. The zero-order chi connectivity index (χ0) is 22.6. The van der Waals surface area contributed by atoms with E-state index in [4.69, 9.17) is 9.73 Å². The van der Waals surface area contributed by atoms with Crippen LogP contribution in [0.25, 0.3) is 0 Å². The number of halogens is 2. The molecule has 1 aromatic carbocycles. The Kier molecular flexibility index (Phi) is 7.13. The monoisotopic (exact) mass is 562 g/mol. The predicted molar refractivity (Wildman–Crippen MR) is 135 cm³/mol. The molecule has 2 fully saturated rings. The van der Waals surface area contributed by atoms with Crippen LogP contribution in [0, 0.1) is 5.82 Å². The number of nitrogens with zero attached hydrogens (tertiary/aromatic N) is 4. The van der Waals surface area contributed by atoms with Crippen molar-refractivity contribution < 1.29 is 13.9 Å². The van der Waals surface area contributed by atoms with E-state index in [9.17, 15) is 9.18 Å². The standard InChI is InChI=1S/C25H28FIN4O2/c26-21-3-1-19(2-4-21)13-22-14-24(20-5-7-28-8-6-20)29-18-27(22)15-25(32)31-16-23(17-31)30-9-11-33-12-10-30/h1-8,14,23H,9-13,15-18H2. The molecule has 1 amide bonds. The van der Waals surface area contributed by atoms with Crippen LogP contribution in [0.15, 0.2) is 63.4 Å². The van der Waals surface area contributed by atoms with Crippen molar-refractivity contribution in [3.8, 4) is 0 Å². The van der Waals surface area contributed by atoms with E-state index in [1.807, 2.05) is 29.2 Å². The number of hydrogen-bond acceptors (Lipinski definition) is 5. The molecule has 4 heterocycles. The van der Waals surface area contributed by atoms with E-state index in [1.165, 1.54) is 15.7 Å². The Morgan fingerprint density at radius 3 is 2.55 bits per heavy atom. The van der Waals surface area contributed by atoms with Gasteiger partial charge in [0.15, 0.2) is 0 Å². The number of likely N-dealkylation sites (tertiary alicyclic amines) is 1. The van der Waals surface area contributed by atoms with Crippen molar-refractivity contribution in [2.75, 3.05) is 48.4 Å². The number of pyridine rings is 1. The van der Waals surface area contributed by atoms with Crippen LogP contribution >= 0.6 is 19.8 Å². The first-order valence-electron chi connectivity index (χ1n) is 11.3. The average Bonchev–Trinajstić information content (AvgIpc) is 2.82. The molecular weight excluding hydrogens is 534 g/mol. The van der Waals surface area contributed by atoms with Gasteiger partial charge >= 0.3 is 201 Å². The zero-order valence-corrected chi connectivity index (χ0v) is 20.7. The first kappa shape index (κ1) is 22.6. The quantitative estimate of drug-likeness (QED) is 0.309. The number of allylic oxidation sites excluding steroid dienone is 2. The minimum atomic E-state index is -1.80. The molecule has 0 atom stereocenters. The van der Waals surface area contributed by atoms with Gasteiger partial charge < -0.3 is 0 Å². The van der Waals surface area contributed by atoms with E-state index in [0.717, 1.165) is 67.2 Å². The molecule has 0 unspecified atom stereocenters. The first-order chi connectivity index (χ1) is 16.2. The summed E-state index contributed by atoms with van der Waals surface area (Å²) in [6.07, 6.45) is 6.47. The van der Waals surface area contributed by atoms with Gasteiger partial charge in [-0.2, -0.15) is 0 Å². The maximum absolute atomic E-state index is 13.4. The Morgan fingerprint density at radius 1 is 1.09 bits per heavy atom. The van der Waals surface area contributed by atoms with Crippen molar-refractivity contribution in [3.63, 3.8) is 0 Å². The summed E-state index contributed by atoms with van der Waals surface area (Å²) in [5.74, 6) is 0.0332. The molecule has 0 radical (unpaired) electrons. The molecule has 2 aromatic rings. The third-order valence-corrected chi connectivity index (χ3v) is 11.7. The summed E-state index contributed by atoms with van der Waals surface area (Å²) in [4.78, 5) is 26.5. The van der Waals surface area contributed by atoms with Gasteiger partial charge in [-0.1, -0.05) is 0 Å². The van der Waals surface area contributed by atoms with E-state index in [1.54, 1.807) is 12.4 Å². The fourth-order valence-electron chi connectivity index (χ4n) is 4.31. The third-order valence-electron chi connectivity index (χ3n) is 6.33. The van der Waals surface area contributed by atoms with Crippen LogP contribution in [0.5, 0.6) is 0 Å². The van der Waals surface area contributed by atoms with Crippen molar-refractivity contribution in [2.45, 2.75) is 12.5 Å². The SMILES string of the molecule is O=C(CI1CN=C(c2ccncc2)C=C1Cc1ccc(F)cc1)N1CC(N2CCOCC2)C1. The molecule has 6 nitrogen and oxygen atoms in total. The molecule has 3 aliphatic heterocycles. The van der Waals surface area contributed by atoms with Gasteiger partial charge in [0.25, 0.3) is 0 Å². The fourth-order valence-corrected chi connectivity index (χ4v) is 9.24. The van der Waals surface area contributed by atoms with Crippen molar-refractivity contribution >= 4 is 31.4 Å². The van der Waals surface area contributed by atoms with Crippen LogP contribution in [0.1, 0.15) is 11.1 Å². The zero-order valence-electron chi connectivity index (χ0n) is 18.5. The van der Waals surface area contributed by atoms with Crippen molar-refractivity contribution in [3.05, 3.63) is 75.4 Å². The van der Waals surface area contributed by atoms with Crippen LogP contribution in [0.3, 0.4) is 0 Å². The number of amides is 1. The van der Waals surface area contributed by atoms with Crippen LogP contribution in [0.2, 0.25) is 0 Å². The minimum absolute atomic E-state index is 0.228. The Morgan fingerprint density at radius 2 is 1.82 bits per heavy atom. The summed E-state index contributed by atoms with van der Waals surface area (Å²) in [7, 11) is 0. The number of ether oxygens (including phenoxy) is 1. The fraction of sp³-hybridized carbons (Fsp3) is 0.400. The number of benzene rings is 1. The number of aromatic nitrogens is 1. The second kappa shape index (κ2) is 10.4. The van der Waals surface area contributed by atoms with Gasteiger partial charge in [0.2, 0.25) is 0 Å². The van der Waals surface area contributed by atoms with Gasteiger partial charge in [-0.05, 0) is 0 Å². The number of aliphatic imine (C=N–C) groups is 1. The number of hydrogen-bond donors (Lipinski definition) is 0. The van der Waals surface area contributed by atoms with Gasteiger partial charge in [-0.3, -0.25) is 0 Å². The van der Waals surface area contributed by atoms with Crippen LogP contribution < -0.4 is 0 Å². The van der Waals surface area contributed by atoms with Crippen LogP contribution in [-0.4, -0.2) is 80.8 Å². The molecule has 0 N–H and O–H groups in total. The van der Waals surface area contributed by atoms with Crippen molar-refractivity contribution in [2.24, 2.45) is 4.99 Å². The van der Waals surface area contributed by atoms with E-state index >= 15 is 0 Å². The number of morpholine rings is 1. The first-order valence-corrected chi connectivity index (χ1v) is 15.4. The van der Waals surface area contributed by atoms with E-state index < -0.39 is 19.8 Å². The number of alkyl halides is 2. The van der Waals surface area contributed by atoms with Gasteiger partial charge in [-0.15, -0.1) is 0 Å². The Balaban J connectivity index is 1.26. The molecule has 0 bridgehead atoms. The van der Waals surface area contributed by atoms with Crippen LogP contribution in [-0.2, 0) is 16.0 Å². The van der Waals surface area contributed by atoms with Gasteiger partial charge in [0.1, 0.15) is 0 Å². The molecule has 5 rings (SSSR count). The summed E-state index contributed by atoms with van der Waals surface area (Å²) in [5, 5.41) is 0. The summed E-state index contributed by atoms with van der Waals surface area (Å²) in [6, 6.07) is 11.1. The average molecular weight is 562 g/mol. The predicted octanol–water partition coefficient (Wildman–Crippen LogP) is 3.16. The van der Waals surface area contributed by atoms with Gasteiger partial charge in [-0.25, -0.2) is 0 Å². The Labute approximate surface area is 200 Å².